The molecule has 0 aromatic heterocycles. The summed E-state index contributed by atoms with van der Waals surface area (Å²) in [6, 6.07) is 0.248. The second-order valence-electron chi connectivity index (χ2n) is 3.64. The molecule has 4 heteroatoms. The Kier molecular flexibility index (Phi) is 6.08. The number of aliphatic carboxylic acids is 1. The topological polar surface area (TPSA) is 63.3 Å². The average Bonchev–Trinajstić information content (AvgIpc) is 2.03. The van der Waals surface area contributed by atoms with Gasteiger partial charge in [0, 0.05) is 12.5 Å². The summed E-state index contributed by atoms with van der Waals surface area (Å²) >= 11 is 0. The van der Waals surface area contributed by atoms with Gasteiger partial charge in [-0.2, -0.15) is 0 Å². The zero-order valence-electron chi connectivity index (χ0n) is 7.74. The normalized spacial score (nSPS) is 27.8. The first kappa shape index (κ1) is 12.7. The highest BCUT2D eigenvalue weighted by Crippen LogP contribution is 2.26. The fourth-order valence-electron chi connectivity index (χ4n) is 1.90. The number of halogens is 1. The Morgan fingerprint density at radius 1 is 1.38 bits per heavy atom. The Labute approximate surface area is 85.1 Å². The first-order chi connectivity index (χ1) is 5.70. The van der Waals surface area contributed by atoms with Crippen LogP contribution < -0.4 is 5.73 Å². The SMILES string of the molecule is Cl.N[C@@H]1CCCC[C@H]1CCC(=O)O. The van der Waals surface area contributed by atoms with Crippen molar-refractivity contribution in [2.75, 3.05) is 0 Å². The van der Waals surface area contributed by atoms with Crippen molar-refractivity contribution in [2.24, 2.45) is 11.7 Å². The van der Waals surface area contributed by atoms with Crippen molar-refractivity contribution < 1.29 is 9.90 Å². The summed E-state index contributed by atoms with van der Waals surface area (Å²) in [5, 5.41) is 8.49. The molecule has 0 heterocycles. The van der Waals surface area contributed by atoms with Crippen LogP contribution in [0, 0.1) is 5.92 Å². The Morgan fingerprint density at radius 2 is 2.00 bits per heavy atom. The number of carbonyl (C=O) groups is 1. The van der Waals surface area contributed by atoms with Crippen molar-refractivity contribution in [1.29, 1.82) is 0 Å². The molecule has 78 valence electrons. The third-order valence-electron chi connectivity index (χ3n) is 2.70. The zero-order chi connectivity index (χ0) is 8.97. The lowest BCUT2D eigenvalue weighted by atomic mass is 9.82. The Balaban J connectivity index is 0.00000144. The molecule has 0 aromatic carbocycles. The van der Waals surface area contributed by atoms with Crippen LogP contribution in [0.2, 0.25) is 0 Å². The first-order valence-electron chi connectivity index (χ1n) is 4.67. The lowest BCUT2D eigenvalue weighted by Gasteiger charge is -2.27. The van der Waals surface area contributed by atoms with Crippen molar-refractivity contribution >= 4 is 18.4 Å². The maximum atomic E-state index is 10.3. The van der Waals surface area contributed by atoms with Crippen molar-refractivity contribution in [3.63, 3.8) is 0 Å². The third-order valence-corrected chi connectivity index (χ3v) is 2.70. The van der Waals surface area contributed by atoms with Crippen molar-refractivity contribution in [1.82, 2.24) is 0 Å². The van der Waals surface area contributed by atoms with Crippen LogP contribution in [-0.2, 0) is 4.79 Å². The minimum Gasteiger partial charge on any atom is -0.481 e. The van der Waals surface area contributed by atoms with Crippen LogP contribution in [0.3, 0.4) is 0 Å². The summed E-state index contributed by atoms with van der Waals surface area (Å²) < 4.78 is 0. The van der Waals surface area contributed by atoms with E-state index in [0.29, 0.717) is 5.92 Å². The molecule has 0 aromatic rings. The van der Waals surface area contributed by atoms with Crippen molar-refractivity contribution in [3.05, 3.63) is 0 Å². The molecule has 1 rings (SSSR count). The summed E-state index contributed by atoms with van der Waals surface area (Å²) in [5.41, 5.74) is 5.87. The first-order valence-corrected chi connectivity index (χ1v) is 4.67. The monoisotopic (exact) mass is 207 g/mol. The van der Waals surface area contributed by atoms with Crippen LogP contribution in [0.1, 0.15) is 38.5 Å². The number of carboxylic acid groups (broad SMARTS) is 1. The van der Waals surface area contributed by atoms with Crippen LogP contribution in [-0.4, -0.2) is 17.1 Å². The standard InChI is InChI=1S/C9H17NO2.ClH/c10-8-4-2-1-3-7(8)5-6-9(11)12;/h7-8H,1-6,10H2,(H,11,12);1H/t7-,8+;/m0./s1. The van der Waals surface area contributed by atoms with Crippen molar-refractivity contribution in [3.8, 4) is 0 Å². The molecule has 13 heavy (non-hydrogen) atoms. The summed E-state index contributed by atoms with van der Waals surface area (Å²) in [4.78, 5) is 10.3. The van der Waals surface area contributed by atoms with Gasteiger partial charge in [0.25, 0.3) is 0 Å². The molecule has 3 nitrogen and oxygen atoms in total. The van der Waals surface area contributed by atoms with E-state index in [0.717, 1.165) is 19.3 Å². The van der Waals surface area contributed by atoms with Gasteiger partial charge in [0.05, 0.1) is 0 Å². The van der Waals surface area contributed by atoms with Crippen LogP contribution >= 0.6 is 12.4 Å². The minimum atomic E-state index is -0.701. The molecule has 0 unspecified atom stereocenters. The quantitative estimate of drug-likeness (QED) is 0.742. The fraction of sp³-hybridized carbons (Fsp3) is 0.889. The number of hydrogen-bond acceptors (Lipinski definition) is 2. The second kappa shape index (κ2) is 6.22. The Morgan fingerprint density at radius 3 is 2.54 bits per heavy atom. The molecule has 1 aliphatic rings. The predicted octanol–water partition coefficient (Wildman–Crippen LogP) is 1.79. The van der Waals surface area contributed by atoms with Gasteiger partial charge in [-0.25, -0.2) is 0 Å². The number of carboxylic acids is 1. The molecular formula is C9H18ClNO2. The fourth-order valence-corrected chi connectivity index (χ4v) is 1.90. The molecule has 0 spiro atoms. The van der Waals surface area contributed by atoms with Crippen LogP contribution in [0.15, 0.2) is 0 Å². The summed E-state index contributed by atoms with van der Waals surface area (Å²) in [6.45, 7) is 0. The van der Waals surface area contributed by atoms with Gasteiger partial charge in [-0.1, -0.05) is 12.8 Å². The van der Waals surface area contributed by atoms with E-state index in [1.807, 2.05) is 0 Å². The van der Waals surface area contributed by atoms with Gasteiger partial charge in [-0.05, 0) is 25.2 Å². The smallest absolute Gasteiger partial charge is 0.303 e. The van der Waals surface area contributed by atoms with Crippen LogP contribution in [0.25, 0.3) is 0 Å². The predicted molar refractivity (Wildman–Crippen MR) is 54.1 cm³/mol. The zero-order valence-corrected chi connectivity index (χ0v) is 8.55. The molecule has 2 atom stereocenters. The molecule has 0 radical (unpaired) electrons. The summed E-state index contributed by atoms with van der Waals surface area (Å²) in [6.07, 6.45) is 5.66. The van der Waals surface area contributed by atoms with Crippen LogP contribution in [0.5, 0.6) is 0 Å². The molecule has 1 aliphatic carbocycles. The third kappa shape index (κ3) is 4.48. The number of rotatable bonds is 3. The largest absolute Gasteiger partial charge is 0.481 e. The summed E-state index contributed by atoms with van der Waals surface area (Å²) in [7, 11) is 0. The van der Waals surface area contributed by atoms with E-state index < -0.39 is 5.97 Å². The molecule has 3 N–H and O–H groups in total. The van der Waals surface area contributed by atoms with Gasteiger partial charge in [0.1, 0.15) is 0 Å². The molecule has 1 fully saturated rings. The van der Waals surface area contributed by atoms with Gasteiger partial charge >= 0.3 is 5.97 Å². The molecule has 0 aliphatic heterocycles. The highest BCUT2D eigenvalue weighted by Gasteiger charge is 2.21. The van der Waals surface area contributed by atoms with E-state index >= 15 is 0 Å². The number of nitrogens with two attached hydrogens (primary N) is 1. The Hall–Kier alpha value is -0.280. The van der Waals surface area contributed by atoms with E-state index in [1.54, 1.807) is 0 Å². The minimum absolute atomic E-state index is 0. The van der Waals surface area contributed by atoms with Crippen LogP contribution in [0.4, 0.5) is 0 Å². The molecule has 1 saturated carbocycles. The lowest BCUT2D eigenvalue weighted by Crippen LogP contribution is -2.33. The molecule has 0 saturated heterocycles. The van der Waals surface area contributed by atoms with E-state index in [9.17, 15) is 4.79 Å². The average molecular weight is 208 g/mol. The molecule has 0 bridgehead atoms. The van der Waals surface area contributed by atoms with Gasteiger partial charge in [-0.15, -0.1) is 12.4 Å². The van der Waals surface area contributed by atoms with E-state index in [2.05, 4.69) is 0 Å². The highest BCUT2D eigenvalue weighted by molar-refractivity contribution is 5.85. The summed E-state index contributed by atoms with van der Waals surface area (Å²) in [5.74, 6) is -0.248. The maximum absolute atomic E-state index is 10.3. The Bertz CT molecular complexity index is 164. The van der Waals surface area contributed by atoms with Gasteiger partial charge in [0.15, 0.2) is 0 Å². The molecule has 0 amide bonds. The highest BCUT2D eigenvalue weighted by atomic mass is 35.5. The van der Waals surface area contributed by atoms with Crippen molar-refractivity contribution in [2.45, 2.75) is 44.6 Å². The van der Waals surface area contributed by atoms with E-state index in [1.165, 1.54) is 12.8 Å². The molecular weight excluding hydrogens is 190 g/mol. The van der Waals surface area contributed by atoms with E-state index in [-0.39, 0.29) is 24.9 Å². The number of hydrogen-bond donors (Lipinski definition) is 2. The van der Waals surface area contributed by atoms with Gasteiger partial charge < -0.3 is 10.8 Å². The van der Waals surface area contributed by atoms with Gasteiger partial charge in [-0.3, -0.25) is 4.79 Å². The van der Waals surface area contributed by atoms with Gasteiger partial charge in [0.2, 0.25) is 0 Å². The lowest BCUT2D eigenvalue weighted by molar-refractivity contribution is -0.137. The van der Waals surface area contributed by atoms with E-state index in [4.69, 9.17) is 10.8 Å². The second-order valence-corrected chi connectivity index (χ2v) is 3.64. The maximum Gasteiger partial charge on any atom is 0.303 e.